The number of fused-ring (bicyclic) bond motifs is 1. The third kappa shape index (κ3) is 5.31. The summed E-state index contributed by atoms with van der Waals surface area (Å²) in [5.41, 5.74) is 1.53. The van der Waals surface area contributed by atoms with Crippen molar-refractivity contribution in [2.75, 3.05) is 31.2 Å². The first kappa shape index (κ1) is 19.9. The van der Waals surface area contributed by atoms with Crippen LogP contribution in [0.2, 0.25) is 0 Å². The van der Waals surface area contributed by atoms with E-state index in [0.29, 0.717) is 25.6 Å². The lowest BCUT2D eigenvalue weighted by Crippen LogP contribution is -2.39. The fraction of sp³-hybridized carbons (Fsp3) is 0.722. The molecular formula is C18H25F3N4O2. The van der Waals surface area contributed by atoms with Crippen molar-refractivity contribution < 1.29 is 22.7 Å². The highest BCUT2D eigenvalue weighted by Crippen LogP contribution is 2.40. The first-order valence-electron chi connectivity index (χ1n) is 9.18. The van der Waals surface area contributed by atoms with Gasteiger partial charge < -0.3 is 15.0 Å². The van der Waals surface area contributed by atoms with Gasteiger partial charge in [0.15, 0.2) is 0 Å². The summed E-state index contributed by atoms with van der Waals surface area (Å²) in [7, 11) is 0. The van der Waals surface area contributed by atoms with Crippen LogP contribution in [0.5, 0.6) is 0 Å². The molecule has 0 bridgehead atoms. The average Bonchev–Trinajstić information content (AvgIpc) is 2.58. The Morgan fingerprint density at radius 2 is 2.07 bits per heavy atom. The number of ether oxygens (including phenoxy) is 1. The first-order valence-corrected chi connectivity index (χ1v) is 9.18. The van der Waals surface area contributed by atoms with Crippen LogP contribution in [0.25, 0.3) is 0 Å². The quantitative estimate of drug-likeness (QED) is 0.862. The number of hydrogen-bond donors (Lipinski definition) is 1. The molecule has 1 fully saturated rings. The molecule has 2 heterocycles. The van der Waals surface area contributed by atoms with Crippen molar-refractivity contribution in [1.29, 1.82) is 0 Å². The molecule has 1 saturated heterocycles. The number of hydrogen-bond acceptors (Lipinski definition) is 5. The van der Waals surface area contributed by atoms with Crippen LogP contribution in [0.4, 0.5) is 19.1 Å². The zero-order valence-electron chi connectivity index (χ0n) is 15.6. The van der Waals surface area contributed by atoms with Gasteiger partial charge in [-0.25, -0.2) is 9.97 Å². The number of alkyl halides is 3. The Bertz CT molecular complexity index is 688. The van der Waals surface area contributed by atoms with Crippen LogP contribution in [0.3, 0.4) is 0 Å². The number of nitrogens with zero attached hydrogens (tertiary/aromatic N) is 3. The largest absolute Gasteiger partial charge is 0.389 e. The van der Waals surface area contributed by atoms with Gasteiger partial charge in [0.05, 0.1) is 31.4 Å². The fourth-order valence-corrected chi connectivity index (χ4v) is 3.60. The van der Waals surface area contributed by atoms with Crippen LogP contribution in [0, 0.1) is 5.41 Å². The Hall–Kier alpha value is -1.90. The molecule has 0 unspecified atom stereocenters. The average molecular weight is 386 g/mol. The van der Waals surface area contributed by atoms with E-state index in [-0.39, 0.29) is 11.5 Å². The third-order valence-corrected chi connectivity index (χ3v) is 4.93. The number of morpholine rings is 1. The number of carbonyl (C=O) groups is 1. The standard InChI is InChI=1S/C18H25F3N4O2/c1-17(2)9-13(23-15(26)3-4-18(19,20)21)12-11-22-16(24-14(12)10-17)25-5-7-27-8-6-25/h11,13H,3-10H2,1-2H3,(H,23,26)/t13-/m1/s1. The van der Waals surface area contributed by atoms with E-state index < -0.39 is 24.9 Å². The van der Waals surface area contributed by atoms with Gasteiger partial charge in [-0.15, -0.1) is 0 Å². The van der Waals surface area contributed by atoms with E-state index in [1.165, 1.54) is 0 Å². The minimum Gasteiger partial charge on any atom is -0.378 e. The van der Waals surface area contributed by atoms with Crippen molar-refractivity contribution in [3.8, 4) is 0 Å². The van der Waals surface area contributed by atoms with E-state index in [1.807, 2.05) is 0 Å². The third-order valence-electron chi connectivity index (χ3n) is 4.93. The SMILES string of the molecule is CC1(C)Cc2nc(N3CCOCC3)ncc2[C@H](NC(=O)CCC(F)(F)F)C1. The molecule has 1 N–H and O–H groups in total. The Morgan fingerprint density at radius 3 is 2.74 bits per heavy atom. The second-order valence-electron chi connectivity index (χ2n) is 7.95. The van der Waals surface area contributed by atoms with Crippen molar-refractivity contribution in [1.82, 2.24) is 15.3 Å². The fourth-order valence-electron chi connectivity index (χ4n) is 3.60. The Morgan fingerprint density at radius 1 is 1.37 bits per heavy atom. The number of amides is 1. The van der Waals surface area contributed by atoms with E-state index in [1.54, 1.807) is 6.20 Å². The minimum absolute atomic E-state index is 0.119. The molecule has 1 amide bonds. The van der Waals surface area contributed by atoms with Gasteiger partial charge in [-0.2, -0.15) is 13.2 Å². The van der Waals surface area contributed by atoms with Crippen LogP contribution >= 0.6 is 0 Å². The molecule has 3 rings (SSSR count). The van der Waals surface area contributed by atoms with E-state index in [9.17, 15) is 18.0 Å². The maximum Gasteiger partial charge on any atom is 0.389 e. The molecule has 0 aromatic carbocycles. The highest BCUT2D eigenvalue weighted by Gasteiger charge is 2.35. The number of aromatic nitrogens is 2. The van der Waals surface area contributed by atoms with Crippen LogP contribution < -0.4 is 10.2 Å². The summed E-state index contributed by atoms with van der Waals surface area (Å²) in [5.74, 6) is 0.0372. The molecule has 2 aliphatic rings. The van der Waals surface area contributed by atoms with Crippen molar-refractivity contribution in [3.63, 3.8) is 0 Å². The van der Waals surface area contributed by atoms with E-state index in [0.717, 1.165) is 30.8 Å². The second kappa shape index (κ2) is 7.61. The van der Waals surface area contributed by atoms with Gasteiger partial charge in [-0.3, -0.25) is 4.79 Å². The van der Waals surface area contributed by atoms with Gasteiger partial charge in [-0.1, -0.05) is 13.8 Å². The van der Waals surface area contributed by atoms with Crippen LogP contribution in [0.1, 0.15) is 50.4 Å². The van der Waals surface area contributed by atoms with Gasteiger partial charge in [0, 0.05) is 31.3 Å². The van der Waals surface area contributed by atoms with Gasteiger partial charge in [0.25, 0.3) is 0 Å². The van der Waals surface area contributed by atoms with Crippen molar-refractivity contribution in [2.24, 2.45) is 5.41 Å². The maximum atomic E-state index is 12.4. The highest BCUT2D eigenvalue weighted by molar-refractivity contribution is 5.76. The zero-order valence-corrected chi connectivity index (χ0v) is 15.6. The Kier molecular flexibility index (Phi) is 5.60. The Labute approximate surface area is 156 Å². The lowest BCUT2D eigenvalue weighted by Gasteiger charge is -2.37. The molecule has 9 heteroatoms. The predicted molar refractivity (Wildman–Crippen MR) is 93.3 cm³/mol. The van der Waals surface area contributed by atoms with Crippen LogP contribution in [-0.4, -0.2) is 48.4 Å². The molecule has 1 atom stereocenters. The molecule has 6 nitrogen and oxygen atoms in total. The van der Waals surface area contributed by atoms with Crippen LogP contribution in [-0.2, 0) is 16.0 Å². The monoisotopic (exact) mass is 386 g/mol. The molecule has 1 aromatic heterocycles. The number of carbonyl (C=O) groups excluding carboxylic acids is 1. The van der Waals surface area contributed by atoms with Gasteiger partial charge in [0.1, 0.15) is 0 Å². The molecule has 1 aliphatic carbocycles. The summed E-state index contributed by atoms with van der Waals surface area (Å²) < 4.78 is 42.4. The molecule has 0 radical (unpaired) electrons. The lowest BCUT2D eigenvalue weighted by atomic mass is 9.74. The molecule has 0 saturated carbocycles. The van der Waals surface area contributed by atoms with E-state index >= 15 is 0 Å². The summed E-state index contributed by atoms with van der Waals surface area (Å²) >= 11 is 0. The predicted octanol–water partition coefficient (Wildman–Crippen LogP) is 2.79. The van der Waals surface area contributed by atoms with Crippen molar-refractivity contribution >= 4 is 11.9 Å². The summed E-state index contributed by atoms with van der Waals surface area (Å²) in [6, 6.07) is -0.372. The summed E-state index contributed by atoms with van der Waals surface area (Å²) in [6.45, 7) is 6.84. The number of nitrogens with one attached hydrogen (secondary N) is 1. The topological polar surface area (TPSA) is 67.3 Å². The molecular weight excluding hydrogens is 361 g/mol. The van der Waals surface area contributed by atoms with Crippen LogP contribution in [0.15, 0.2) is 6.20 Å². The summed E-state index contributed by atoms with van der Waals surface area (Å²) in [4.78, 5) is 23.2. The van der Waals surface area contributed by atoms with Crippen molar-refractivity contribution in [2.45, 2.75) is 51.7 Å². The first-order chi connectivity index (χ1) is 12.6. The Balaban J connectivity index is 1.76. The second-order valence-corrected chi connectivity index (χ2v) is 7.95. The maximum absolute atomic E-state index is 12.4. The normalized spacial score (nSPS) is 22.3. The zero-order chi connectivity index (χ0) is 19.7. The molecule has 0 spiro atoms. The van der Waals surface area contributed by atoms with E-state index in [4.69, 9.17) is 9.72 Å². The lowest BCUT2D eigenvalue weighted by molar-refractivity contribution is -0.144. The summed E-state index contributed by atoms with van der Waals surface area (Å²) in [6.07, 6.45) is -2.94. The number of halogens is 3. The molecule has 150 valence electrons. The smallest absolute Gasteiger partial charge is 0.378 e. The van der Waals surface area contributed by atoms with Gasteiger partial charge >= 0.3 is 6.18 Å². The molecule has 1 aromatic rings. The van der Waals surface area contributed by atoms with E-state index in [2.05, 4.69) is 29.0 Å². The number of anilines is 1. The number of rotatable bonds is 4. The summed E-state index contributed by atoms with van der Waals surface area (Å²) in [5, 5.41) is 2.75. The molecule has 1 aliphatic heterocycles. The highest BCUT2D eigenvalue weighted by atomic mass is 19.4. The van der Waals surface area contributed by atoms with Crippen molar-refractivity contribution in [3.05, 3.63) is 17.5 Å². The van der Waals surface area contributed by atoms with Gasteiger partial charge in [0.2, 0.25) is 11.9 Å². The van der Waals surface area contributed by atoms with Gasteiger partial charge in [-0.05, 0) is 18.3 Å². The molecule has 27 heavy (non-hydrogen) atoms. The minimum atomic E-state index is -4.34.